The van der Waals surface area contributed by atoms with Gasteiger partial charge < -0.3 is 19.2 Å². The van der Waals surface area contributed by atoms with Gasteiger partial charge in [0, 0.05) is 6.54 Å². The van der Waals surface area contributed by atoms with Crippen LogP contribution in [0.1, 0.15) is 11.3 Å². The molecule has 0 radical (unpaired) electrons. The van der Waals surface area contributed by atoms with Crippen molar-refractivity contribution in [2.45, 2.75) is 13.1 Å². The molecule has 1 heterocycles. The Labute approximate surface area is 145 Å². The summed E-state index contributed by atoms with van der Waals surface area (Å²) in [7, 11) is 1.63. The molecule has 22 heavy (non-hydrogen) atoms. The second-order valence-electron chi connectivity index (χ2n) is 4.39. The van der Waals surface area contributed by atoms with Crippen molar-refractivity contribution >= 4 is 28.3 Å². The van der Waals surface area contributed by atoms with Crippen LogP contribution in [-0.4, -0.2) is 13.7 Å². The first-order valence-corrected chi connectivity index (χ1v) is 7.37. The lowest BCUT2D eigenvalue weighted by Crippen LogP contribution is -2.12. The molecule has 120 valence electrons. The first-order valence-electron chi connectivity index (χ1n) is 6.57. The number of ether oxygens (including phenoxy) is 2. The number of rotatable bonds is 8. The van der Waals surface area contributed by atoms with Crippen LogP contribution in [0.2, 0.25) is 0 Å². The Hall–Kier alpha value is -1.43. The molecule has 0 atom stereocenters. The molecule has 0 aliphatic rings. The molecule has 0 saturated heterocycles. The van der Waals surface area contributed by atoms with Gasteiger partial charge in [-0.15, -0.1) is 12.4 Å². The van der Waals surface area contributed by atoms with Crippen molar-refractivity contribution in [1.82, 2.24) is 5.32 Å². The van der Waals surface area contributed by atoms with Crippen LogP contribution in [0, 0.1) is 0 Å². The maximum atomic E-state index is 5.60. The molecule has 1 aromatic heterocycles. The molecule has 0 saturated carbocycles. The topological polar surface area (TPSA) is 43.6 Å². The van der Waals surface area contributed by atoms with Crippen molar-refractivity contribution in [3.63, 3.8) is 0 Å². The Morgan fingerprint density at radius 3 is 2.82 bits per heavy atom. The van der Waals surface area contributed by atoms with E-state index in [4.69, 9.17) is 13.9 Å². The van der Waals surface area contributed by atoms with Crippen LogP contribution in [0.3, 0.4) is 0 Å². The Bertz CT molecular complexity index is 587. The van der Waals surface area contributed by atoms with E-state index in [1.165, 1.54) is 0 Å². The summed E-state index contributed by atoms with van der Waals surface area (Å²) in [6, 6.07) is 7.78. The third-order valence-corrected chi connectivity index (χ3v) is 3.43. The molecule has 0 spiro atoms. The summed E-state index contributed by atoms with van der Waals surface area (Å²) < 4.78 is 17.1. The van der Waals surface area contributed by atoms with Gasteiger partial charge in [-0.3, -0.25) is 0 Å². The summed E-state index contributed by atoms with van der Waals surface area (Å²) in [4.78, 5) is 0. The van der Waals surface area contributed by atoms with Crippen LogP contribution >= 0.6 is 28.3 Å². The molecule has 0 unspecified atom stereocenters. The molecular weight excluding hydrogens is 370 g/mol. The second kappa shape index (κ2) is 9.56. The van der Waals surface area contributed by atoms with Gasteiger partial charge in [0.15, 0.2) is 11.5 Å². The number of nitrogens with one attached hydrogen (secondary N) is 1. The van der Waals surface area contributed by atoms with E-state index in [1.54, 1.807) is 19.4 Å². The number of benzene rings is 1. The monoisotopic (exact) mass is 387 g/mol. The average molecular weight is 389 g/mol. The molecule has 1 N–H and O–H groups in total. The maximum Gasteiger partial charge on any atom is 0.175 e. The van der Waals surface area contributed by atoms with Gasteiger partial charge in [-0.05, 0) is 45.8 Å². The maximum absolute atomic E-state index is 5.60. The summed E-state index contributed by atoms with van der Waals surface area (Å²) in [5, 5.41) is 3.32. The highest BCUT2D eigenvalue weighted by Crippen LogP contribution is 2.36. The standard InChI is InChI=1S/C16H18BrNO3.ClH/c1-3-6-21-16-14(17)8-12(9-15(16)19-2)10-18-11-13-5-4-7-20-13;/h3-5,7-9,18H,1,6,10-11H2,2H3;1H. The van der Waals surface area contributed by atoms with Gasteiger partial charge in [-0.2, -0.15) is 0 Å². The van der Waals surface area contributed by atoms with Crippen molar-refractivity contribution in [1.29, 1.82) is 0 Å². The fraction of sp³-hybridized carbons (Fsp3) is 0.250. The quantitative estimate of drug-likeness (QED) is 0.684. The third-order valence-electron chi connectivity index (χ3n) is 2.84. The summed E-state index contributed by atoms with van der Waals surface area (Å²) in [5.74, 6) is 2.29. The van der Waals surface area contributed by atoms with Crippen molar-refractivity contribution in [2.24, 2.45) is 0 Å². The zero-order chi connectivity index (χ0) is 15.1. The van der Waals surface area contributed by atoms with Crippen molar-refractivity contribution < 1.29 is 13.9 Å². The molecule has 0 aliphatic carbocycles. The lowest BCUT2D eigenvalue weighted by molar-refractivity contribution is 0.324. The van der Waals surface area contributed by atoms with Crippen molar-refractivity contribution in [3.05, 3.63) is 59.0 Å². The molecule has 6 heteroatoms. The van der Waals surface area contributed by atoms with Gasteiger partial charge in [0.25, 0.3) is 0 Å². The number of methoxy groups -OCH3 is 1. The predicted molar refractivity (Wildman–Crippen MR) is 92.9 cm³/mol. The first-order chi connectivity index (χ1) is 10.2. The Morgan fingerprint density at radius 1 is 1.36 bits per heavy atom. The van der Waals surface area contributed by atoms with Gasteiger partial charge in [0.1, 0.15) is 12.4 Å². The van der Waals surface area contributed by atoms with Crippen molar-refractivity contribution in [3.8, 4) is 11.5 Å². The van der Waals surface area contributed by atoms with E-state index in [9.17, 15) is 0 Å². The van der Waals surface area contributed by atoms with Gasteiger partial charge >= 0.3 is 0 Å². The summed E-state index contributed by atoms with van der Waals surface area (Å²) >= 11 is 3.51. The van der Waals surface area contributed by atoms with Crippen molar-refractivity contribution in [2.75, 3.05) is 13.7 Å². The third kappa shape index (κ3) is 5.09. The molecule has 0 aliphatic heterocycles. The fourth-order valence-corrected chi connectivity index (χ4v) is 2.50. The summed E-state index contributed by atoms with van der Waals surface area (Å²) in [5.41, 5.74) is 1.09. The average Bonchev–Trinajstić information content (AvgIpc) is 2.99. The minimum absolute atomic E-state index is 0. The van der Waals surface area contributed by atoms with Crippen LogP contribution in [-0.2, 0) is 13.1 Å². The van der Waals surface area contributed by atoms with E-state index >= 15 is 0 Å². The van der Waals surface area contributed by atoms with Crippen LogP contribution in [0.25, 0.3) is 0 Å². The number of furan rings is 1. The number of hydrogen-bond donors (Lipinski definition) is 1. The molecule has 4 nitrogen and oxygen atoms in total. The number of hydrogen-bond acceptors (Lipinski definition) is 4. The van der Waals surface area contributed by atoms with E-state index < -0.39 is 0 Å². The molecule has 0 amide bonds. The summed E-state index contributed by atoms with van der Waals surface area (Å²) in [6.45, 7) is 5.47. The highest BCUT2D eigenvalue weighted by atomic mass is 79.9. The smallest absolute Gasteiger partial charge is 0.175 e. The molecule has 2 aromatic rings. The molecule has 1 aromatic carbocycles. The fourth-order valence-electron chi connectivity index (χ4n) is 1.90. The van der Waals surface area contributed by atoms with Gasteiger partial charge in [-0.1, -0.05) is 12.7 Å². The lowest BCUT2D eigenvalue weighted by Gasteiger charge is -2.13. The van der Waals surface area contributed by atoms with E-state index in [2.05, 4.69) is 27.8 Å². The minimum atomic E-state index is 0. The zero-order valence-corrected chi connectivity index (χ0v) is 14.7. The van der Waals surface area contributed by atoms with E-state index in [0.29, 0.717) is 31.2 Å². The second-order valence-corrected chi connectivity index (χ2v) is 5.25. The normalized spacial score (nSPS) is 9.91. The zero-order valence-electron chi connectivity index (χ0n) is 12.3. The molecule has 0 fully saturated rings. The van der Waals surface area contributed by atoms with Crippen LogP contribution in [0.15, 0.2) is 52.1 Å². The van der Waals surface area contributed by atoms with E-state index in [0.717, 1.165) is 15.8 Å². The Kier molecular flexibility index (Phi) is 8.09. The highest BCUT2D eigenvalue weighted by molar-refractivity contribution is 9.10. The lowest BCUT2D eigenvalue weighted by atomic mass is 10.2. The predicted octanol–water partition coefficient (Wildman–Crippen LogP) is 4.33. The van der Waals surface area contributed by atoms with E-state index in [1.807, 2.05) is 24.3 Å². The van der Waals surface area contributed by atoms with Gasteiger partial charge in [0.05, 0.1) is 24.4 Å². The molecule has 0 bridgehead atoms. The van der Waals surface area contributed by atoms with Crippen LogP contribution in [0.4, 0.5) is 0 Å². The van der Waals surface area contributed by atoms with Crippen LogP contribution in [0.5, 0.6) is 11.5 Å². The van der Waals surface area contributed by atoms with Gasteiger partial charge in [-0.25, -0.2) is 0 Å². The number of halogens is 2. The first kappa shape index (κ1) is 18.6. The largest absolute Gasteiger partial charge is 0.493 e. The molecular formula is C16H19BrClNO3. The molecule has 2 rings (SSSR count). The summed E-state index contributed by atoms with van der Waals surface area (Å²) in [6.07, 6.45) is 3.37. The van der Waals surface area contributed by atoms with Crippen LogP contribution < -0.4 is 14.8 Å². The Morgan fingerprint density at radius 2 is 2.18 bits per heavy atom. The van der Waals surface area contributed by atoms with E-state index in [-0.39, 0.29) is 12.4 Å². The highest BCUT2D eigenvalue weighted by Gasteiger charge is 2.11. The SMILES string of the molecule is C=CCOc1c(Br)cc(CNCc2ccco2)cc1OC.Cl. The minimum Gasteiger partial charge on any atom is -0.493 e. The van der Waals surface area contributed by atoms with Gasteiger partial charge in [0.2, 0.25) is 0 Å². The Balaban J connectivity index is 0.00000242.